The van der Waals surface area contributed by atoms with Crippen LogP contribution in [0.3, 0.4) is 0 Å². The van der Waals surface area contributed by atoms with E-state index in [0.29, 0.717) is 11.6 Å². The molecule has 6 heteroatoms. The molecule has 1 aliphatic rings. The van der Waals surface area contributed by atoms with Gasteiger partial charge in [-0.05, 0) is 50.4 Å². The quantitative estimate of drug-likeness (QED) is 0.894. The van der Waals surface area contributed by atoms with E-state index < -0.39 is 0 Å². The first-order chi connectivity index (χ1) is 8.27. The molecule has 108 valence electrons. The molecule has 2 N–H and O–H groups in total. The fourth-order valence-electron chi connectivity index (χ4n) is 2.16. The Labute approximate surface area is 126 Å². The van der Waals surface area contributed by atoms with E-state index in [-0.39, 0.29) is 30.7 Å². The van der Waals surface area contributed by atoms with Crippen LogP contribution in [-0.4, -0.2) is 30.5 Å². The topological polar surface area (TPSA) is 54.0 Å². The zero-order chi connectivity index (χ0) is 12.1. The first kappa shape index (κ1) is 18.2. The van der Waals surface area contributed by atoms with Crippen LogP contribution in [0.5, 0.6) is 0 Å². The van der Waals surface area contributed by atoms with Crippen molar-refractivity contribution in [3.8, 4) is 0 Å². The number of pyridine rings is 1. The molecule has 1 aliphatic heterocycles. The van der Waals surface area contributed by atoms with Crippen molar-refractivity contribution < 1.29 is 4.79 Å². The maximum absolute atomic E-state index is 11.9. The zero-order valence-electron chi connectivity index (χ0n) is 11.0. The Balaban J connectivity index is 0.00000162. The van der Waals surface area contributed by atoms with E-state index in [4.69, 9.17) is 0 Å². The van der Waals surface area contributed by atoms with Crippen molar-refractivity contribution in [3.05, 3.63) is 29.6 Å². The normalized spacial score (nSPS) is 17.2. The SMILES string of the molecule is Cc1cccnc1C(=O)NCCC1CCNC1.Cl.Cl. The summed E-state index contributed by atoms with van der Waals surface area (Å²) in [4.78, 5) is 16.0. The number of carbonyl (C=O) groups excluding carboxylic acids is 1. The van der Waals surface area contributed by atoms with E-state index >= 15 is 0 Å². The molecule has 19 heavy (non-hydrogen) atoms. The van der Waals surface area contributed by atoms with Crippen LogP contribution in [0, 0.1) is 12.8 Å². The van der Waals surface area contributed by atoms with Gasteiger partial charge in [-0.1, -0.05) is 6.07 Å². The maximum atomic E-state index is 11.9. The highest BCUT2D eigenvalue weighted by Crippen LogP contribution is 2.11. The van der Waals surface area contributed by atoms with Gasteiger partial charge in [0.05, 0.1) is 0 Å². The minimum atomic E-state index is -0.0611. The van der Waals surface area contributed by atoms with Crippen LogP contribution in [0.15, 0.2) is 18.3 Å². The number of rotatable bonds is 4. The van der Waals surface area contributed by atoms with E-state index in [1.165, 1.54) is 6.42 Å². The van der Waals surface area contributed by atoms with Gasteiger partial charge in [0.1, 0.15) is 5.69 Å². The van der Waals surface area contributed by atoms with Crippen LogP contribution in [0.1, 0.15) is 28.9 Å². The van der Waals surface area contributed by atoms with Gasteiger partial charge in [-0.15, -0.1) is 24.8 Å². The minimum absolute atomic E-state index is 0. The summed E-state index contributed by atoms with van der Waals surface area (Å²) in [6.45, 7) is 4.83. The number of nitrogens with one attached hydrogen (secondary N) is 2. The van der Waals surface area contributed by atoms with Crippen molar-refractivity contribution in [2.24, 2.45) is 5.92 Å². The van der Waals surface area contributed by atoms with Gasteiger partial charge in [0.25, 0.3) is 5.91 Å². The highest BCUT2D eigenvalue weighted by atomic mass is 35.5. The lowest BCUT2D eigenvalue weighted by Gasteiger charge is -2.09. The van der Waals surface area contributed by atoms with Crippen molar-refractivity contribution in [3.63, 3.8) is 0 Å². The highest BCUT2D eigenvalue weighted by molar-refractivity contribution is 5.93. The van der Waals surface area contributed by atoms with Crippen LogP contribution in [0.4, 0.5) is 0 Å². The molecule has 1 fully saturated rings. The van der Waals surface area contributed by atoms with Gasteiger partial charge in [-0.2, -0.15) is 0 Å². The molecule has 1 unspecified atom stereocenters. The van der Waals surface area contributed by atoms with Crippen LogP contribution in [0.25, 0.3) is 0 Å². The predicted octanol–water partition coefficient (Wildman–Crippen LogP) is 1.96. The lowest BCUT2D eigenvalue weighted by Crippen LogP contribution is -2.27. The first-order valence-electron chi connectivity index (χ1n) is 6.18. The Morgan fingerprint density at radius 2 is 2.32 bits per heavy atom. The van der Waals surface area contributed by atoms with Crippen LogP contribution >= 0.6 is 24.8 Å². The number of halogens is 2. The maximum Gasteiger partial charge on any atom is 0.270 e. The number of carbonyl (C=O) groups is 1. The van der Waals surface area contributed by atoms with E-state index in [9.17, 15) is 4.79 Å². The summed E-state index contributed by atoms with van der Waals surface area (Å²) in [5.41, 5.74) is 1.46. The second kappa shape index (κ2) is 9.13. The fourth-order valence-corrected chi connectivity index (χ4v) is 2.16. The molecule has 1 amide bonds. The molecule has 2 rings (SSSR count). The third-order valence-corrected chi connectivity index (χ3v) is 3.23. The fraction of sp³-hybridized carbons (Fsp3) is 0.538. The van der Waals surface area contributed by atoms with Crippen LogP contribution in [-0.2, 0) is 0 Å². The zero-order valence-corrected chi connectivity index (χ0v) is 12.6. The van der Waals surface area contributed by atoms with Crippen LogP contribution < -0.4 is 10.6 Å². The summed E-state index contributed by atoms with van der Waals surface area (Å²) in [6.07, 6.45) is 3.92. The predicted molar refractivity (Wildman–Crippen MR) is 81.4 cm³/mol. The number of aryl methyl sites for hydroxylation is 1. The minimum Gasteiger partial charge on any atom is -0.351 e. The monoisotopic (exact) mass is 305 g/mol. The summed E-state index contributed by atoms with van der Waals surface area (Å²) in [5, 5.41) is 6.26. The standard InChI is InChI=1S/C13H19N3O.2ClH/c1-10-3-2-6-15-12(10)13(17)16-8-5-11-4-7-14-9-11;;/h2-3,6,11,14H,4-5,7-9H2,1H3,(H,16,17);2*1H. The number of hydrogen-bond acceptors (Lipinski definition) is 3. The van der Waals surface area contributed by atoms with Crippen molar-refractivity contribution >= 4 is 30.7 Å². The van der Waals surface area contributed by atoms with Crippen molar-refractivity contribution in [1.29, 1.82) is 0 Å². The van der Waals surface area contributed by atoms with Gasteiger partial charge in [0.15, 0.2) is 0 Å². The van der Waals surface area contributed by atoms with E-state index in [1.54, 1.807) is 6.20 Å². The van der Waals surface area contributed by atoms with E-state index in [2.05, 4.69) is 15.6 Å². The third kappa shape index (κ3) is 5.35. The molecule has 1 aromatic rings. The van der Waals surface area contributed by atoms with Gasteiger partial charge in [0.2, 0.25) is 0 Å². The Morgan fingerprint density at radius 3 is 2.95 bits per heavy atom. The lowest BCUT2D eigenvalue weighted by atomic mass is 10.1. The molecule has 1 atom stereocenters. The Kier molecular flexibility index (Phi) is 8.72. The first-order valence-corrected chi connectivity index (χ1v) is 6.18. The molecule has 4 nitrogen and oxygen atoms in total. The Bertz CT molecular complexity index is 395. The van der Waals surface area contributed by atoms with Crippen molar-refractivity contribution in [2.75, 3.05) is 19.6 Å². The summed E-state index contributed by atoms with van der Waals surface area (Å²) >= 11 is 0. The third-order valence-electron chi connectivity index (χ3n) is 3.23. The number of hydrogen-bond donors (Lipinski definition) is 2. The largest absolute Gasteiger partial charge is 0.351 e. The van der Waals surface area contributed by atoms with Crippen molar-refractivity contribution in [2.45, 2.75) is 19.8 Å². The second-order valence-corrected chi connectivity index (χ2v) is 4.57. The molecular formula is C13H21Cl2N3O. The van der Waals surface area contributed by atoms with E-state index in [0.717, 1.165) is 31.6 Å². The van der Waals surface area contributed by atoms with Crippen molar-refractivity contribution in [1.82, 2.24) is 15.6 Å². The van der Waals surface area contributed by atoms with Gasteiger partial charge >= 0.3 is 0 Å². The average molecular weight is 306 g/mol. The molecule has 2 heterocycles. The number of nitrogens with zero attached hydrogens (tertiary/aromatic N) is 1. The summed E-state index contributed by atoms with van der Waals surface area (Å²) in [7, 11) is 0. The van der Waals surface area contributed by atoms with E-state index in [1.807, 2.05) is 19.1 Å². The summed E-state index contributed by atoms with van der Waals surface area (Å²) in [5.74, 6) is 0.647. The summed E-state index contributed by atoms with van der Waals surface area (Å²) < 4.78 is 0. The molecule has 1 aromatic heterocycles. The van der Waals surface area contributed by atoms with Gasteiger partial charge < -0.3 is 10.6 Å². The van der Waals surface area contributed by atoms with Gasteiger partial charge in [-0.25, -0.2) is 0 Å². The lowest BCUT2D eigenvalue weighted by molar-refractivity contribution is 0.0946. The second-order valence-electron chi connectivity index (χ2n) is 4.57. The van der Waals surface area contributed by atoms with Crippen LogP contribution in [0.2, 0.25) is 0 Å². The molecule has 0 aromatic carbocycles. The molecule has 0 radical (unpaired) electrons. The number of aromatic nitrogens is 1. The molecule has 0 aliphatic carbocycles. The number of amides is 1. The molecular weight excluding hydrogens is 285 g/mol. The van der Waals surface area contributed by atoms with Gasteiger partial charge in [0, 0.05) is 12.7 Å². The molecule has 0 spiro atoms. The molecule has 1 saturated heterocycles. The average Bonchev–Trinajstić information content (AvgIpc) is 2.82. The van der Waals surface area contributed by atoms with Gasteiger partial charge in [-0.3, -0.25) is 9.78 Å². The Morgan fingerprint density at radius 1 is 1.53 bits per heavy atom. The summed E-state index contributed by atoms with van der Waals surface area (Å²) in [6, 6.07) is 3.75. The molecule has 0 bridgehead atoms. The smallest absolute Gasteiger partial charge is 0.270 e. The molecule has 0 saturated carbocycles. The highest BCUT2D eigenvalue weighted by Gasteiger charge is 2.15. The Hall–Kier alpha value is -0.840.